The summed E-state index contributed by atoms with van der Waals surface area (Å²) in [5.41, 5.74) is 1.28. The molecule has 4 nitrogen and oxygen atoms in total. The number of carbonyl (C=O) groups is 1. The number of hydrogen-bond donors (Lipinski definition) is 1. The Balaban J connectivity index is 1.93. The third kappa shape index (κ3) is 2.00. The van der Waals surface area contributed by atoms with Crippen LogP contribution in [0.5, 0.6) is 5.75 Å². The molecule has 2 fully saturated rings. The second kappa shape index (κ2) is 4.23. The van der Waals surface area contributed by atoms with Gasteiger partial charge in [-0.25, -0.2) is 0 Å². The molecule has 4 heteroatoms. The van der Waals surface area contributed by atoms with Gasteiger partial charge in [0.15, 0.2) is 0 Å². The first kappa shape index (κ1) is 12.5. The standard InChI is InChI=1S/C15H20N2O2/c1-15(2)8-12(15)17-13(18)9-16-14(17)10-6-4-5-7-11(10)19-3/h4-7,12,14,16H,8-9H2,1-3H3. The smallest absolute Gasteiger partial charge is 0.238 e. The van der Waals surface area contributed by atoms with E-state index in [4.69, 9.17) is 4.74 Å². The molecule has 3 rings (SSSR count). The van der Waals surface area contributed by atoms with Gasteiger partial charge in [-0.1, -0.05) is 32.0 Å². The summed E-state index contributed by atoms with van der Waals surface area (Å²) in [6.45, 7) is 4.83. The second-order valence-corrected chi connectivity index (χ2v) is 6.03. The van der Waals surface area contributed by atoms with E-state index in [1.807, 2.05) is 29.2 Å². The molecule has 1 aromatic rings. The van der Waals surface area contributed by atoms with Crippen molar-refractivity contribution in [2.24, 2.45) is 5.41 Å². The first-order chi connectivity index (χ1) is 9.04. The molecule has 1 saturated carbocycles. The van der Waals surface area contributed by atoms with E-state index < -0.39 is 0 Å². The van der Waals surface area contributed by atoms with Gasteiger partial charge in [0.25, 0.3) is 0 Å². The molecular formula is C15H20N2O2. The lowest BCUT2D eigenvalue weighted by Gasteiger charge is -2.27. The Hall–Kier alpha value is -1.55. The van der Waals surface area contributed by atoms with Gasteiger partial charge in [0.1, 0.15) is 11.9 Å². The number of amides is 1. The summed E-state index contributed by atoms with van der Waals surface area (Å²) in [7, 11) is 1.67. The minimum Gasteiger partial charge on any atom is -0.496 e. The molecule has 0 aromatic heterocycles. The van der Waals surface area contributed by atoms with Crippen molar-refractivity contribution in [3.63, 3.8) is 0 Å². The molecule has 1 aromatic carbocycles. The molecule has 1 heterocycles. The molecule has 0 radical (unpaired) electrons. The Kier molecular flexibility index (Phi) is 2.78. The first-order valence-corrected chi connectivity index (χ1v) is 6.72. The third-order valence-electron chi connectivity index (χ3n) is 4.24. The van der Waals surface area contributed by atoms with Gasteiger partial charge in [-0.05, 0) is 17.9 Å². The number of benzene rings is 1. The molecule has 1 amide bonds. The molecule has 2 aliphatic rings. The van der Waals surface area contributed by atoms with E-state index in [2.05, 4.69) is 19.2 Å². The minimum absolute atomic E-state index is 0.0598. The lowest BCUT2D eigenvalue weighted by Crippen LogP contribution is -2.34. The van der Waals surface area contributed by atoms with Crippen LogP contribution in [0.25, 0.3) is 0 Å². The van der Waals surface area contributed by atoms with Crippen molar-refractivity contribution in [1.82, 2.24) is 10.2 Å². The van der Waals surface area contributed by atoms with Crippen molar-refractivity contribution in [2.45, 2.75) is 32.5 Å². The van der Waals surface area contributed by atoms with Crippen LogP contribution < -0.4 is 10.1 Å². The SMILES string of the molecule is COc1ccccc1C1NCC(=O)N1C1CC1(C)C. The minimum atomic E-state index is -0.0598. The molecular weight excluding hydrogens is 240 g/mol. The summed E-state index contributed by atoms with van der Waals surface area (Å²) in [5.74, 6) is 1.02. The van der Waals surface area contributed by atoms with E-state index in [1.165, 1.54) is 0 Å². The Morgan fingerprint density at radius 1 is 1.37 bits per heavy atom. The lowest BCUT2D eigenvalue weighted by atomic mass is 10.1. The highest BCUT2D eigenvalue weighted by Gasteiger charge is 2.54. The van der Waals surface area contributed by atoms with Gasteiger partial charge in [0, 0.05) is 11.6 Å². The number of hydrogen-bond acceptors (Lipinski definition) is 3. The van der Waals surface area contributed by atoms with Crippen LogP contribution >= 0.6 is 0 Å². The zero-order chi connectivity index (χ0) is 13.6. The molecule has 0 bridgehead atoms. The maximum absolute atomic E-state index is 12.1. The first-order valence-electron chi connectivity index (χ1n) is 6.72. The van der Waals surface area contributed by atoms with Crippen molar-refractivity contribution in [3.8, 4) is 5.75 Å². The van der Waals surface area contributed by atoms with Gasteiger partial charge in [-0.15, -0.1) is 0 Å². The number of para-hydroxylation sites is 1. The fourth-order valence-electron chi connectivity index (χ4n) is 2.94. The predicted molar refractivity (Wildman–Crippen MR) is 72.8 cm³/mol. The highest BCUT2D eigenvalue weighted by atomic mass is 16.5. The van der Waals surface area contributed by atoms with Crippen molar-refractivity contribution < 1.29 is 9.53 Å². The Bertz CT molecular complexity index is 513. The molecule has 2 unspecified atom stereocenters. The number of methoxy groups -OCH3 is 1. The van der Waals surface area contributed by atoms with Gasteiger partial charge < -0.3 is 9.64 Å². The van der Waals surface area contributed by atoms with Crippen LogP contribution in [0.2, 0.25) is 0 Å². The van der Waals surface area contributed by atoms with E-state index in [9.17, 15) is 4.79 Å². The largest absolute Gasteiger partial charge is 0.496 e. The van der Waals surface area contributed by atoms with Crippen molar-refractivity contribution in [3.05, 3.63) is 29.8 Å². The Morgan fingerprint density at radius 3 is 2.68 bits per heavy atom. The van der Waals surface area contributed by atoms with Crippen LogP contribution in [0.4, 0.5) is 0 Å². The van der Waals surface area contributed by atoms with Gasteiger partial charge in [-0.3, -0.25) is 10.1 Å². The van der Waals surface area contributed by atoms with Crippen LogP contribution in [-0.2, 0) is 4.79 Å². The molecule has 2 atom stereocenters. The summed E-state index contributed by atoms with van der Waals surface area (Å²) in [6, 6.07) is 8.24. The maximum Gasteiger partial charge on any atom is 0.238 e. The summed E-state index contributed by atoms with van der Waals surface area (Å²) >= 11 is 0. The van der Waals surface area contributed by atoms with E-state index in [0.717, 1.165) is 17.7 Å². The topological polar surface area (TPSA) is 41.6 Å². The number of ether oxygens (including phenoxy) is 1. The lowest BCUT2D eigenvalue weighted by molar-refractivity contribution is -0.129. The summed E-state index contributed by atoms with van der Waals surface area (Å²) in [6.07, 6.45) is 1.02. The molecule has 1 N–H and O–H groups in total. The fourth-order valence-corrected chi connectivity index (χ4v) is 2.94. The van der Waals surface area contributed by atoms with E-state index in [1.54, 1.807) is 7.11 Å². The van der Waals surface area contributed by atoms with Crippen molar-refractivity contribution in [1.29, 1.82) is 0 Å². The quantitative estimate of drug-likeness (QED) is 0.903. The van der Waals surface area contributed by atoms with Gasteiger partial charge >= 0.3 is 0 Å². The van der Waals surface area contributed by atoms with Crippen LogP contribution in [0.1, 0.15) is 32.0 Å². The zero-order valence-electron chi connectivity index (χ0n) is 11.6. The average molecular weight is 260 g/mol. The number of carbonyl (C=O) groups excluding carboxylic acids is 1. The van der Waals surface area contributed by atoms with Crippen molar-refractivity contribution in [2.75, 3.05) is 13.7 Å². The molecule has 0 spiro atoms. The predicted octanol–water partition coefficient (Wildman–Crippen LogP) is 1.92. The monoisotopic (exact) mass is 260 g/mol. The highest BCUT2D eigenvalue weighted by molar-refractivity contribution is 5.82. The number of rotatable bonds is 3. The van der Waals surface area contributed by atoms with Gasteiger partial charge in [0.2, 0.25) is 5.91 Å². The normalized spacial score (nSPS) is 28.6. The van der Waals surface area contributed by atoms with Crippen LogP contribution in [-0.4, -0.2) is 30.5 Å². The summed E-state index contributed by atoms with van der Waals surface area (Å²) in [5, 5.41) is 3.30. The molecule has 1 aliphatic heterocycles. The van der Waals surface area contributed by atoms with Crippen LogP contribution in [0.3, 0.4) is 0 Å². The molecule has 102 valence electrons. The molecule has 19 heavy (non-hydrogen) atoms. The number of nitrogens with one attached hydrogen (secondary N) is 1. The van der Waals surface area contributed by atoms with E-state index in [-0.39, 0.29) is 17.5 Å². The Labute approximate surface area is 113 Å². The second-order valence-electron chi connectivity index (χ2n) is 6.03. The molecule has 1 saturated heterocycles. The maximum atomic E-state index is 12.1. The van der Waals surface area contributed by atoms with E-state index >= 15 is 0 Å². The van der Waals surface area contributed by atoms with Gasteiger partial charge in [0.05, 0.1) is 13.7 Å². The highest BCUT2D eigenvalue weighted by Crippen LogP contribution is 2.51. The van der Waals surface area contributed by atoms with Crippen LogP contribution in [0.15, 0.2) is 24.3 Å². The summed E-state index contributed by atoms with van der Waals surface area (Å²) < 4.78 is 5.42. The van der Waals surface area contributed by atoms with Crippen molar-refractivity contribution >= 4 is 5.91 Å². The van der Waals surface area contributed by atoms with Gasteiger partial charge in [-0.2, -0.15) is 0 Å². The third-order valence-corrected chi connectivity index (χ3v) is 4.24. The van der Waals surface area contributed by atoms with Crippen LogP contribution in [0, 0.1) is 5.41 Å². The average Bonchev–Trinajstić information content (AvgIpc) is 2.84. The fraction of sp³-hybridized carbons (Fsp3) is 0.533. The molecule has 1 aliphatic carbocycles. The number of nitrogens with zero attached hydrogens (tertiary/aromatic N) is 1. The summed E-state index contributed by atoms with van der Waals surface area (Å²) in [4.78, 5) is 14.1. The van der Waals surface area contributed by atoms with E-state index in [0.29, 0.717) is 12.6 Å². The Morgan fingerprint density at radius 2 is 2.05 bits per heavy atom. The zero-order valence-corrected chi connectivity index (χ0v) is 11.6.